The van der Waals surface area contributed by atoms with Gasteiger partial charge in [-0.2, -0.15) is 5.10 Å². The minimum absolute atomic E-state index is 0.136. The zero-order valence-corrected chi connectivity index (χ0v) is 10.4. The Hall–Kier alpha value is -0.775. The number of amides is 1. The van der Waals surface area contributed by atoms with Crippen LogP contribution in [0, 0.1) is 5.92 Å². The second-order valence-electron chi connectivity index (χ2n) is 2.94. The SMILES string of the molecule is CC.[B]N1C(=O)CS/C1=N\N=C\C(C)C. The second kappa shape index (κ2) is 7.51. The van der Waals surface area contributed by atoms with Crippen LogP contribution in [0.25, 0.3) is 0 Å². The monoisotopic (exact) mass is 225 g/mol. The summed E-state index contributed by atoms with van der Waals surface area (Å²) in [6.45, 7) is 7.99. The number of amidine groups is 1. The third kappa shape index (κ3) is 5.02. The van der Waals surface area contributed by atoms with Crippen molar-refractivity contribution in [2.75, 3.05) is 5.75 Å². The molecule has 1 aliphatic rings. The fourth-order valence-corrected chi connectivity index (χ4v) is 1.40. The highest BCUT2D eigenvalue weighted by molar-refractivity contribution is 8.15. The first-order chi connectivity index (χ1) is 7.11. The molecule has 1 fully saturated rings. The van der Waals surface area contributed by atoms with Crippen molar-refractivity contribution >= 4 is 37.0 Å². The highest BCUT2D eigenvalue weighted by Crippen LogP contribution is 2.16. The molecule has 0 atom stereocenters. The van der Waals surface area contributed by atoms with E-state index in [0.29, 0.717) is 16.8 Å². The van der Waals surface area contributed by atoms with Gasteiger partial charge in [-0.1, -0.05) is 39.5 Å². The van der Waals surface area contributed by atoms with E-state index in [4.69, 9.17) is 7.98 Å². The summed E-state index contributed by atoms with van der Waals surface area (Å²) in [5.74, 6) is 0.563. The van der Waals surface area contributed by atoms with Gasteiger partial charge >= 0.3 is 0 Å². The quantitative estimate of drug-likeness (QED) is 0.407. The molecule has 0 aliphatic carbocycles. The number of thioether (sulfide) groups is 1. The van der Waals surface area contributed by atoms with Gasteiger partial charge in [-0.3, -0.25) is 4.79 Å². The van der Waals surface area contributed by atoms with Gasteiger partial charge in [-0.05, 0) is 5.92 Å². The van der Waals surface area contributed by atoms with Crippen LogP contribution in [0.1, 0.15) is 27.7 Å². The Morgan fingerprint density at radius 3 is 2.53 bits per heavy atom. The van der Waals surface area contributed by atoms with Crippen molar-refractivity contribution in [2.45, 2.75) is 27.7 Å². The van der Waals surface area contributed by atoms with E-state index in [0.717, 1.165) is 4.81 Å². The van der Waals surface area contributed by atoms with Crippen molar-refractivity contribution in [1.29, 1.82) is 0 Å². The van der Waals surface area contributed by atoms with Crippen LogP contribution in [-0.2, 0) is 4.79 Å². The molecule has 0 aromatic rings. The van der Waals surface area contributed by atoms with E-state index in [1.807, 2.05) is 27.7 Å². The molecule has 6 heteroatoms. The third-order valence-electron chi connectivity index (χ3n) is 1.31. The van der Waals surface area contributed by atoms with Crippen molar-refractivity contribution in [2.24, 2.45) is 16.1 Å². The molecule has 0 spiro atoms. The smallest absolute Gasteiger partial charge is 0.241 e. The van der Waals surface area contributed by atoms with Gasteiger partial charge in [0.15, 0.2) is 5.17 Å². The van der Waals surface area contributed by atoms with E-state index in [2.05, 4.69) is 10.2 Å². The Morgan fingerprint density at radius 1 is 1.53 bits per heavy atom. The molecule has 1 saturated heterocycles. The molecule has 1 amide bonds. The predicted molar refractivity (Wildman–Crippen MR) is 67.2 cm³/mol. The molecule has 0 N–H and O–H groups in total. The van der Waals surface area contributed by atoms with Crippen LogP contribution in [0.15, 0.2) is 10.2 Å². The summed E-state index contributed by atoms with van der Waals surface area (Å²) >= 11 is 1.30. The molecule has 0 saturated carbocycles. The van der Waals surface area contributed by atoms with Crippen LogP contribution >= 0.6 is 11.8 Å². The number of nitrogens with zero attached hydrogens (tertiary/aromatic N) is 3. The molecule has 1 heterocycles. The third-order valence-corrected chi connectivity index (χ3v) is 2.24. The molecule has 1 aliphatic heterocycles. The molecule has 0 bridgehead atoms. The minimum Gasteiger partial charge on any atom is -0.347 e. The molecule has 0 aromatic heterocycles. The van der Waals surface area contributed by atoms with E-state index in [-0.39, 0.29) is 5.91 Å². The number of rotatable bonds is 2. The molecular formula is C9H16BN3OS. The standard InChI is InChI=1S/C7H10BN3OS.C2H6/c1-5(2)3-9-10-7-11(8)6(12)4-13-7;1-2/h3,5H,4H2,1-2H3;1-2H3/b9-3+,10-7-;. The van der Waals surface area contributed by atoms with Gasteiger partial charge in [-0.25, -0.2) is 0 Å². The normalized spacial score (nSPS) is 18.9. The van der Waals surface area contributed by atoms with Gasteiger partial charge in [0, 0.05) is 6.21 Å². The van der Waals surface area contributed by atoms with E-state index in [1.165, 1.54) is 11.8 Å². The van der Waals surface area contributed by atoms with E-state index in [1.54, 1.807) is 6.21 Å². The Morgan fingerprint density at radius 2 is 2.13 bits per heavy atom. The number of carbonyl (C=O) groups excluding carboxylic acids is 1. The molecule has 2 radical (unpaired) electrons. The summed E-state index contributed by atoms with van der Waals surface area (Å²) in [5.41, 5.74) is 0. The average molecular weight is 225 g/mol. The highest BCUT2D eigenvalue weighted by atomic mass is 32.2. The van der Waals surface area contributed by atoms with Gasteiger partial charge in [0.25, 0.3) is 0 Å². The highest BCUT2D eigenvalue weighted by Gasteiger charge is 2.23. The molecule has 4 nitrogen and oxygen atoms in total. The maximum Gasteiger partial charge on any atom is 0.241 e. The van der Waals surface area contributed by atoms with Crippen LogP contribution in [0.4, 0.5) is 0 Å². The lowest BCUT2D eigenvalue weighted by Crippen LogP contribution is -2.25. The fraction of sp³-hybridized carbons (Fsp3) is 0.667. The number of hydrogen-bond donors (Lipinski definition) is 0. The first-order valence-corrected chi connectivity index (χ1v) is 5.91. The maximum atomic E-state index is 10.9. The first kappa shape index (κ1) is 14.2. The minimum atomic E-state index is -0.136. The topological polar surface area (TPSA) is 45.0 Å². The zero-order valence-electron chi connectivity index (χ0n) is 9.60. The predicted octanol–water partition coefficient (Wildman–Crippen LogP) is 1.67. The zero-order chi connectivity index (χ0) is 11.8. The first-order valence-electron chi connectivity index (χ1n) is 4.93. The van der Waals surface area contributed by atoms with Crippen LogP contribution in [0.2, 0.25) is 0 Å². The van der Waals surface area contributed by atoms with Crippen molar-refractivity contribution < 1.29 is 4.79 Å². The van der Waals surface area contributed by atoms with Crippen molar-refractivity contribution in [3.63, 3.8) is 0 Å². The average Bonchev–Trinajstić information content (AvgIpc) is 2.52. The summed E-state index contributed by atoms with van der Waals surface area (Å²) < 4.78 is 0. The lowest BCUT2D eigenvalue weighted by Gasteiger charge is -2.05. The van der Waals surface area contributed by atoms with Crippen molar-refractivity contribution in [3.8, 4) is 0 Å². The molecule has 1 rings (SSSR count). The van der Waals surface area contributed by atoms with Gasteiger partial charge < -0.3 is 4.81 Å². The summed E-state index contributed by atoms with van der Waals surface area (Å²) in [6, 6.07) is 0. The number of carbonyl (C=O) groups is 1. The molecule has 82 valence electrons. The Bertz CT molecular complexity index is 266. The summed E-state index contributed by atoms with van der Waals surface area (Å²) in [6.07, 6.45) is 1.70. The molecule has 0 unspecified atom stereocenters. The van der Waals surface area contributed by atoms with Gasteiger partial charge in [0.05, 0.1) is 5.75 Å². The Labute approximate surface area is 96.6 Å². The number of hydrogen-bond acceptors (Lipinski definition) is 4. The van der Waals surface area contributed by atoms with Gasteiger partial charge in [0.2, 0.25) is 13.9 Å². The summed E-state index contributed by atoms with van der Waals surface area (Å²) in [4.78, 5) is 12.0. The Balaban J connectivity index is 0.000000921. The molecule has 0 aromatic carbocycles. The second-order valence-corrected chi connectivity index (χ2v) is 3.89. The van der Waals surface area contributed by atoms with Gasteiger partial charge in [0.1, 0.15) is 0 Å². The fourth-order valence-electron chi connectivity index (χ4n) is 0.665. The van der Waals surface area contributed by atoms with E-state index < -0.39 is 0 Å². The summed E-state index contributed by atoms with van der Waals surface area (Å²) in [7, 11) is 5.40. The maximum absolute atomic E-state index is 10.9. The van der Waals surface area contributed by atoms with Crippen LogP contribution < -0.4 is 0 Å². The van der Waals surface area contributed by atoms with Crippen molar-refractivity contribution in [1.82, 2.24) is 4.81 Å². The van der Waals surface area contributed by atoms with Crippen LogP contribution in [0.5, 0.6) is 0 Å². The lowest BCUT2D eigenvalue weighted by molar-refractivity contribution is -0.120. The Kier molecular flexibility index (Phi) is 7.12. The van der Waals surface area contributed by atoms with Crippen LogP contribution in [0.3, 0.4) is 0 Å². The molecule has 15 heavy (non-hydrogen) atoms. The van der Waals surface area contributed by atoms with Crippen LogP contribution in [-0.4, -0.2) is 35.8 Å². The van der Waals surface area contributed by atoms with Gasteiger partial charge in [-0.15, -0.1) is 5.10 Å². The largest absolute Gasteiger partial charge is 0.347 e. The van der Waals surface area contributed by atoms with E-state index in [9.17, 15) is 4.79 Å². The van der Waals surface area contributed by atoms with Crippen molar-refractivity contribution in [3.05, 3.63) is 0 Å². The van der Waals surface area contributed by atoms with E-state index >= 15 is 0 Å². The lowest BCUT2D eigenvalue weighted by atomic mass is 10.3. The molecular weight excluding hydrogens is 209 g/mol. The summed E-state index contributed by atoms with van der Waals surface area (Å²) in [5, 5.41) is 8.09.